The smallest absolute Gasteiger partial charge is 0.247 e. The maximum absolute atomic E-state index is 12.3. The first-order valence-corrected chi connectivity index (χ1v) is 13.7. The van der Waals surface area contributed by atoms with Crippen molar-refractivity contribution in [3.05, 3.63) is 66.5 Å². The molecule has 10 heteroatoms. The van der Waals surface area contributed by atoms with Crippen LogP contribution in [0.25, 0.3) is 22.2 Å². The summed E-state index contributed by atoms with van der Waals surface area (Å²) in [6, 6.07) is 12.0. The molecule has 0 aliphatic heterocycles. The molecule has 0 radical (unpaired) electrons. The molecule has 0 spiro atoms. The van der Waals surface area contributed by atoms with Gasteiger partial charge in [0.1, 0.15) is 11.8 Å². The maximum Gasteiger partial charge on any atom is 0.247 e. The summed E-state index contributed by atoms with van der Waals surface area (Å²) in [4.78, 5) is 25.6. The number of amides is 1. The van der Waals surface area contributed by atoms with Crippen molar-refractivity contribution in [3.8, 4) is 23.1 Å². The molecule has 0 aliphatic rings. The Kier molecular flexibility index (Phi) is 9.13. The van der Waals surface area contributed by atoms with Crippen molar-refractivity contribution in [1.82, 2.24) is 19.4 Å². The standard InChI is InChI=1S/C32H38N8O2/c1-9-30(41)35-26-16-27(29(42-8)17-28(26)39(7)13-12-38(5)6)37-32-34-11-10-25(36-32)22-14-23(18-33)31-24(15-22)21(4)19-40(31)20(2)3/h9-11,14-17,19-20H,1,12-13H2,2-8H3,(H,35,41)(H,34,36,37). The van der Waals surface area contributed by atoms with E-state index in [-0.39, 0.29) is 11.9 Å². The Morgan fingerprint density at radius 2 is 1.95 bits per heavy atom. The third-order valence-electron chi connectivity index (χ3n) is 7.06. The molecule has 4 rings (SSSR count). The summed E-state index contributed by atoms with van der Waals surface area (Å²) in [6.45, 7) is 11.4. The summed E-state index contributed by atoms with van der Waals surface area (Å²) in [7, 11) is 7.58. The lowest BCUT2D eigenvalue weighted by Gasteiger charge is -2.26. The van der Waals surface area contributed by atoms with Crippen molar-refractivity contribution in [2.45, 2.75) is 26.8 Å². The molecular weight excluding hydrogens is 528 g/mol. The van der Waals surface area contributed by atoms with E-state index in [0.717, 1.165) is 40.8 Å². The fourth-order valence-electron chi connectivity index (χ4n) is 4.80. The molecule has 0 saturated heterocycles. The van der Waals surface area contributed by atoms with Crippen LogP contribution in [0, 0.1) is 18.3 Å². The highest BCUT2D eigenvalue weighted by Crippen LogP contribution is 2.38. The van der Waals surface area contributed by atoms with Gasteiger partial charge in [-0.25, -0.2) is 9.97 Å². The van der Waals surface area contributed by atoms with Crippen molar-refractivity contribution in [1.29, 1.82) is 5.26 Å². The van der Waals surface area contributed by atoms with Gasteiger partial charge in [-0.05, 0) is 70.8 Å². The van der Waals surface area contributed by atoms with Crippen LogP contribution in [0.2, 0.25) is 0 Å². The number of rotatable bonds is 11. The highest BCUT2D eigenvalue weighted by molar-refractivity contribution is 6.02. The number of aryl methyl sites for hydroxylation is 1. The molecule has 42 heavy (non-hydrogen) atoms. The van der Waals surface area contributed by atoms with Crippen LogP contribution in [0.3, 0.4) is 0 Å². The molecule has 0 aliphatic carbocycles. The summed E-state index contributed by atoms with van der Waals surface area (Å²) < 4.78 is 7.86. The molecule has 0 fully saturated rings. The van der Waals surface area contributed by atoms with Crippen LogP contribution in [-0.2, 0) is 4.79 Å². The number of anilines is 4. The minimum atomic E-state index is -0.322. The van der Waals surface area contributed by atoms with Crippen LogP contribution < -0.4 is 20.3 Å². The van der Waals surface area contributed by atoms with Gasteiger partial charge >= 0.3 is 0 Å². The van der Waals surface area contributed by atoms with E-state index >= 15 is 0 Å². The van der Waals surface area contributed by atoms with Gasteiger partial charge in [0.15, 0.2) is 0 Å². The highest BCUT2D eigenvalue weighted by Gasteiger charge is 2.18. The lowest BCUT2D eigenvalue weighted by molar-refractivity contribution is -0.111. The maximum atomic E-state index is 12.3. The van der Waals surface area contributed by atoms with Gasteiger partial charge in [0, 0.05) is 55.6 Å². The van der Waals surface area contributed by atoms with Crippen LogP contribution in [-0.4, -0.2) is 66.7 Å². The van der Waals surface area contributed by atoms with Gasteiger partial charge in [0.25, 0.3) is 0 Å². The van der Waals surface area contributed by atoms with E-state index in [1.807, 2.05) is 39.3 Å². The minimum absolute atomic E-state index is 0.226. The second-order valence-corrected chi connectivity index (χ2v) is 10.7. The minimum Gasteiger partial charge on any atom is -0.494 e. The van der Waals surface area contributed by atoms with E-state index in [1.165, 1.54) is 6.08 Å². The number of aromatic nitrogens is 3. The molecule has 0 atom stereocenters. The van der Waals surface area contributed by atoms with Gasteiger partial charge in [-0.2, -0.15) is 5.26 Å². The monoisotopic (exact) mass is 566 g/mol. The first-order chi connectivity index (χ1) is 20.1. The second kappa shape index (κ2) is 12.7. The number of nitriles is 1. The summed E-state index contributed by atoms with van der Waals surface area (Å²) in [5.74, 6) is 0.582. The van der Waals surface area contributed by atoms with E-state index in [4.69, 9.17) is 9.72 Å². The van der Waals surface area contributed by atoms with Crippen molar-refractivity contribution < 1.29 is 9.53 Å². The Labute approximate surface area is 247 Å². The molecule has 4 aromatic rings. The third-order valence-corrected chi connectivity index (χ3v) is 7.06. The van der Waals surface area contributed by atoms with Crippen molar-refractivity contribution in [3.63, 3.8) is 0 Å². The van der Waals surface area contributed by atoms with E-state index in [0.29, 0.717) is 34.3 Å². The molecule has 218 valence electrons. The van der Waals surface area contributed by atoms with Gasteiger partial charge in [-0.3, -0.25) is 4.79 Å². The number of fused-ring (bicyclic) bond motifs is 1. The summed E-state index contributed by atoms with van der Waals surface area (Å²) in [5.41, 5.74) is 6.07. The number of carbonyl (C=O) groups is 1. The normalized spacial score (nSPS) is 11.0. The predicted molar refractivity (Wildman–Crippen MR) is 170 cm³/mol. The molecule has 1 amide bonds. The number of hydrogen-bond acceptors (Lipinski definition) is 8. The first-order valence-electron chi connectivity index (χ1n) is 13.7. The summed E-state index contributed by atoms with van der Waals surface area (Å²) in [6.07, 6.45) is 4.99. The average molecular weight is 567 g/mol. The fraction of sp³-hybridized carbons (Fsp3) is 0.312. The Hall–Kier alpha value is -4.88. The molecule has 2 aromatic heterocycles. The molecule has 2 aromatic carbocycles. The summed E-state index contributed by atoms with van der Waals surface area (Å²) >= 11 is 0. The second-order valence-electron chi connectivity index (χ2n) is 10.7. The van der Waals surface area contributed by atoms with E-state index in [2.05, 4.69) is 75.7 Å². The molecule has 0 bridgehead atoms. The zero-order valence-corrected chi connectivity index (χ0v) is 25.3. The predicted octanol–water partition coefficient (Wildman–Crippen LogP) is 5.73. The van der Waals surface area contributed by atoms with Crippen molar-refractivity contribution in [2.24, 2.45) is 0 Å². The molecule has 0 saturated carbocycles. The molecule has 2 N–H and O–H groups in total. The van der Waals surface area contributed by atoms with Crippen molar-refractivity contribution >= 4 is 39.8 Å². The molecular formula is C32H38N8O2. The largest absolute Gasteiger partial charge is 0.494 e. The lowest BCUT2D eigenvalue weighted by Crippen LogP contribution is -2.29. The number of nitrogens with zero attached hydrogens (tertiary/aromatic N) is 6. The zero-order chi connectivity index (χ0) is 30.6. The van der Waals surface area contributed by atoms with Gasteiger partial charge in [0.2, 0.25) is 11.9 Å². The zero-order valence-electron chi connectivity index (χ0n) is 25.3. The number of methoxy groups -OCH3 is 1. The van der Waals surface area contributed by atoms with Crippen molar-refractivity contribution in [2.75, 3.05) is 56.9 Å². The van der Waals surface area contributed by atoms with Gasteiger partial charge in [-0.15, -0.1) is 0 Å². The molecule has 0 unspecified atom stereocenters. The third kappa shape index (κ3) is 6.37. The SMILES string of the molecule is C=CC(=O)Nc1cc(Nc2nccc(-c3cc(C#N)c4c(c3)c(C)cn4C(C)C)n2)c(OC)cc1N(C)CCN(C)C. The Morgan fingerprint density at radius 3 is 2.60 bits per heavy atom. The van der Waals surface area contributed by atoms with Crippen LogP contribution >= 0.6 is 0 Å². The van der Waals surface area contributed by atoms with E-state index in [1.54, 1.807) is 19.4 Å². The van der Waals surface area contributed by atoms with Gasteiger partial charge < -0.3 is 29.7 Å². The first kappa shape index (κ1) is 30.1. The average Bonchev–Trinajstić information content (AvgIpc) is 3.32. The number of nitrogens with one attached hydrogen (secondary N) is 2. The Morgan fingerprint density at radius 1 is 1.19 bits per heavy atom. The molecule has 2 heterocycles. The van der Waals surface area contributed by atoms with E-state index in [9.17, 15) is 10.1 Å². The van der Waals surface area contributed by atoms with Gasteiger partial charge in [-0.1, -0.05) is 6.58 Å². The molecule has 10 nitrogen and oxygen atoms in total. The highest BCUT2D eigenvalue weighted by atomic mass is 16.5. The Bertz CT molecular complexity index is 1670. The van der Waals surface area contributed by atoms with E-state index < -0.39 is 0 Å². The van der Waals surface area contributed by atoms with Crippen LogP contribution in [0.4, 0.5) is 23.0 Å². The lowest BCUT2D eigenvalue weighted by atomic mass is 10.0. The number of benzene rings is 2. The topological polar surface area (TPSA) is 111 Å². The fourth-order valence-corrected chi connectivity index (χ4v) is 4.80. The number of likely N-dealkylation sites (N-methyl/N-ethyl adjacent to an activating group) is 2. The number of hydrogen-bond donors (Lipinski definition) is 2. The quantitative estimate of drug-likeness (QED) is 0.221. The summed E-state index contributed by atoms with van der Waals surface area (Å²) in [5, 5.41) is 17.2. The van der Waals surface area contributed by atoms with Gasteiger partial charge in [0.05, 0.1) is 40.9 Å². The number of carbonyl (C=O) groups excluding carboxylic acids is 1. The number of ether oxygens (including phenoxy) is 1. The van der Waals surface area contributed by atoms with Crippen LogP contribution in [0.15, 0.2) is 55.4 Å². The van der Waals surface area contributed by atoms with Crippen LogP contribution in [0.1, 0.15) is 31.0 Å². The van der Waals surface area contributed by atoms with Crippen LogP contribution in [0.5, 0.6) is 5.75 Å². The Balaban J connectivity index is 1.74.